The van der Waals surface area contributed by atoms with Gasteiger partial charge in [-0.15, -0.1) is 0 Å². The van der Waals surface area contributed by atoms with Crippen LogP contribution in [0.4, 0.5) is 20.3 Å². The molecule has 4 nitrogen and oxygen atoms in total. The van der Waals surface area contributed by atoms with Gasteiger partial charge in [0.15, 0.2) is 11.6 Å². The standard InChI is InChI=1S/C14H13F2N3O/c1-2-17-13-12(16)11(6-7-18-13)14(20)19-10-5-3-4-9(15)8-10/h3-8H,2H2,1H3,(H,17,18)(H,19,20). The van der Waals surface area contributed by atoms with Crippen LogP contribution in [0.5, 0.6) is 0 Å². The van der Waals surface area contributed by atoms with Crippen molar-refractivity contribution in [1.82, 2.24) is 4.98 Å². The number of nitrogens with one attached hydrogen (secondary N) is 2. The minimum atomic E-state index is -0.733. The molecule has 1 amide bonds. The molecule has 1 aromatic carbocycles. The van der Waals surface area contributed by atoms with Crippen LogP contribution < -0.4 is 10.6 Å². The lowest BCUT2D eigenvalue weighted by atomic mass is 10.2. The van der Waals surface area contributed by atoms with Gasteiger partial charge in [0.25, 0.3) is 5.91 Å². The van der Waals surface area contributed by atoms with Crippen LogP contribution in [0.25, 0.3) is 0 Å². The number of amides is 1. The van der Waals surface area contributed by atoms with Gasteiger partial charge >= 0.3 is 0 Å². The van der Waals surface area contributed by atoms with E-state index in [9.17, 15) is 13.6 Å². The number of halogens is 2. The topological polar surface area (TPSA) is 54.0 Å². The van der Waals surface area contributed by atoms with Crippen molar-refractivity contribution in [3.63, 3.8) is 0 Å². The van der Waals surface area contributed by atoms with E-state index < -0.39 is 17.5 Å². The van der Waals surface area contributed by atoms with Crippen LogP contribution in [-0.2, 0) is 0 Å². The fourth-order valence-corrected chi connectivity index (χ4v) is 1.67. The van der Waals surface area contributed by atoms with Gasteiger partial charge in [-0.25, -0.2) is 13.8 Å². The van der Waals surface area contributed by atoms with Gasteiger partial charge in [-0.05, 0) is 31.2 Å². The van der Waals surface area contributed by atoms with Gasteiger partial charge in [-0.2, -0.15) is 0 Å². The van der Waals surface area contributed by atoms with Crippen molar-refractivity contribution in [1.29, 1.82) is 0 Å². The van der Waals surface area contributed by atoms with Gasteiger partial charge in [-0.1, -0.05) is 6.07 Å². The highest BCUT2D eigenvalue weighted by Gasteiger charge is 2.16. The maximum Gasteiger partial charge on any atom is 0.258 e. The average Bonchev–Trinajstić information content (AvgIpc) is 2.41. The van der Waals surface area contributed by atoms with Crippen molar-refractivity contribution in [3.8, 4) is 0 Å². The molecule has 2 aromatic rings. The lowest BCUT2D eigenvalue weighted by Gasteiger charge is -2.09. The van der Waals surface area contributed by atoms with Crippen molar-refractivity contribution < 1.29 is 13.6 Å². The molecule has 0 bridgehead atoms. The van der Waals surface area contributed by atoms with Crippen molar-refractivity contribution >= 4 is 17.4 Å². The summed E-state index contributed by atoms with van der Waals surface area (Å²) in [5, 5.41) is 5.15. The lowest BCUT2D eigenvalue weighted by Crippen LogP contribution is -2.15. The van der Waals surface area contributed by atoms with Crippen LogP contribution in [-0.4, -0.2) is 17.4 Å². The zero-order valence-electron chi connectivity index (χ0n) is 10.8. The maximum absolute atomic E-state index is 14.0. The zero-order chi connectivity index (χ0) is 14.5. The van der Waals surface area contributed by atoms with Crippen LogP contribution in [0, 0.1) is 11.6 Å². The molecule has 2 N–H and O–H groups in total. The van der Waals surface area contributed by atoms with E-state index in [-0.39, 0.29) is 17.1 Å². The Morgan fingerprint density at radius 3 is 2.80 bits per heavy atom. The molecule has 0 radical (unpaired) electrons. The van der Waals surface area contributed by atoms with E-state index in [1.54, 1.807) is 6.92 Å². The molecule has 20 heavy (non-hydrogen) atoms. The van der Waals surface area contributed by atoms with Crippen molar-refractivity contribution in [2.24, 2.45) is 0 Å². The third-order valence-electron chi connectivity index (χ3n) is 2.56. The van der Waals surface area contributed by atoms with E-state index in [0.717, 1.165) is 6.07 Å². The minimum absolute atomic E-state index is 0.0133. The van der Waals surface area contributed by atoms with E-state index in [4.69, 9.17) is 0 Å². The Morgan fingerprint density at radius 1 is 1.30 bits per heavy atom. The zero-order valence-corrected chi connectivity index (χ0v) is 10.8. The highest BCUT2D eigenvalue weighted by Crippen LogP contribution is 2.17. The van der Waals surface area contributed by atoms with E-state index in [0.29, 0.717) is 6.54 Å². The first-order valence-electron chi connectivity index (χ1n) is 6.07. The molecule has 1 aromatic heterocycles. The molecule has 0 atom stereocenters. The minimum Gasteiger partial charge on any atom is -0.368 e. The SMILES string of the molecule is CCNc1nccc(C(=O)Nc2cccc(F)c2)c1F. The number of benzene rings is 1. The monoisotopic (exact) mass is 277 g/mol. The molecule has 0 aliphatic heterocycles. The fourth-order valence-electron chi connectivity index (χ4n) is 1.67. The van der Waals surface area contributed by atoms with Gasteiger partial charge in [0.2, 0.25) is 0 Å². The molecule has 2 rings (SSSR count). The molecule has 1 heterocycles. The highest BCUT2D eigenvalue weighted by molar-refractivity contribution is 6.04. The Hall–Kier alpha value is -2.50. The predicted octanol–water partition coefficient (Wildman–Crippen LogP) is 3.04. The second-order valence-electron chi connectivity index (χ2n) is 4.02. The number of hydrogen-bond donors (Lipinski definition) is 2. The number of pyridine rings is 1. The van der Waals surface area contributed by atoms with Crippen LogP contribution in [0.15, 0.2) is 36.5 Å². The number of carbonyl (C=O) groups is 1. The summed E-state index contributed by atoms with van der Waals surface area (Å²) >= 11 is 0. The second-order valence-corrected chi connectivity index (χ2v) is 4.02. The Balaban J connectivity index is 2.23. The quantitative estimate of drug-likeness (QED) is 0.903. The van der Waals surface area contributed by atoms with Gasteiger partial charge in [-0.3, -0.25) is 4.79 Å². The van der Waals surface area contributed by atoms with Gasteiger partial charge in [0.1, 0.15) is 5.82 Å². The summed E-state index contributed by atoms with van der Waals surface area (Å²) in [6.07, 6.45) is 1.33. The number of hydrogen-bond acceptors (Lipinski definition) is 3. The van der Waals surface area contributed by atoms with Crippen LogP contribution in [0.3, 0.4) is 0 Å². The maximum atomic E-state index is 14.0. The van der Waals surface area contributed by atoms with Gasteiger partial charge in [0.05, 0.1) is 5.56 Å². The smallest absolute Gasteiger partial charge is 0.258 e. The Kier molecular flexibility index (Phi) is 4.24. The number of nitrogens with zero attached hydrogens (tertiary/aromatic N) is 1. The first-order chi connectivity index (χ1) is 9.61. The molecule has 104 valence electrons. The number of rotatable bonds is 4. The number of anilines is 2. The van der Waals surface area contributed by atoms with Crippen molar-refractivity contribution in [2.75, 3.05) is 17.2 Å². The number of carbonyl (C=O) groups excluding carboxylic acids is 1. The van der Waals surface area contributed by atoms with Gasteiger partial charge < -0.3 is 10.6 Å². The summed E-state index contributed by atoms with van der Waals surface area (Å²) in [5.41, 5.74) is 0.108. The Labute approximate surface area is 114 Å². The average molecular weight is 277 g/mol. The molecular formula is C14H13F2N3O. The molecule has 0 aliphatic rings. The van der Waals surface area contributed by atoms with Gasteiger partial charge in [0, 0.05) is 18.4 Å². The third kappa shape index (κ3) is 3.09. The molecule has 0 fully saturated rings. The molecule has 0 unspecified atom stereocenters. The van der Waals surface area contributed by atoms with E-state index >= 15 is 0 Å². The summed E-state index contributed by atoms with van der Waals surface area (Å²) in [5.74, 6) is -1.86. The van der Waals surface area contributed by atoms with E-state index in [1.165, 1.54) is 30.5 Å². The van der Waals surface area contributed by atoms with E-state index in [2.05, 4.69) is 15.6 Å². The first-order valence-corrected chi connectivity index (χ1v) is 6.07. The summed E-state index contributed by atoms with van der Waals surface area (Å²) in [7, 11) is 0. The summed E-state index contributed by atoms with van der Waals surface area (Å²) in [6.45, 7) is 2.28. The first kappa shape index (κ1) is 13.9. The molecule has 6 heteroatoms. The molecule has 0 aliphatic carbocycles. The molecular weight excluding hydrogens is 264 g/mol. The Bertz CT molecular complexity index is 632. The molecule has 0 saturated carbocycles. The van der Waals surface area contributed by atoms with Crippen molar-refractivity contribution in [3.05, 3.63) is 53.7 Å². The molecule has 0 saturated heterocycles. The normalized spacial score (nSPS) is 10.2. The largest absolute Gasteiger partial charge is 0.368 e. The summed E-state index contributed by atoms with van der Waals surface area (Å²) in [4.78, 5) is 15.8. The van der Waals surface area contributed by atoms with Crippen molar-refractivity contribution in [2.45, 2.75) is 6.92 Å². The van der Waals surface area contributed by atoms with Crippen LogP contribution >= 0.6 is 0 Å². The fraction of sp³-hybridized carbons (Fsp3) is 0.143. The lowest BCUT2D eigenvalue weighted by molar-refractivity contribution is 0.102. The summed E-state index contributed by atoms with van der Waals surface area (Å²) < 4.78 is 27.1. The second kappa shape index (κ2) is 6.10. The van der Waals surface area contributed by atoms with Crippen LogP contribution in [0.2, 0.25) is 0 Å². The highest BCUT2D eigenvalue weighted by atomic mass is 19.1. The predicted molar refractivity (Wildman–Crippen MR) is 72.7 cm³/mol. The molecule has 0 spiro atoms. The summed E-state index contributed by atoms with van der Waals surface area (Å²) in [6, 6.07) is 6.65. The van der Waals surface area contributed by atoms with E-state index in [1.807, 2.05) is 0 Å². The van der Waals surface area contributed by atoms with Crippen LogP contribution in [0.1, 0.15) is 17.3 Å². The number of aromatic nitrogens is 1. The Morgan fingerprint density at radius 2 is 2.10 bits per heavy atom. The third-order valence-corrected chi connectivity index (χ3v) is 2.56.